The van der Waals surface area contributed by atoms with Gasteiger partial charge in [-0.05, 0) is 37.0 Å². The number of carboxylic acid groups (broad SMARTS) is 1. The molecule has 0 saturated heterocycles. The lowest BCUT2D eigenvalue weighted by molar-refractivity contribution is 0.0695. The fourth-order valence-corrected chi connectivity index (χ4v) is 1.76. The smallest absolute Gasteiger partial charge is 0.335 e. The van der Waals surface area contributed by atoms with Crippen molar-refractivity contribution < 1.29 is 9.90 Å². The second-order valence-corrected chi connectivity index (χ2v) is 3.99. The molecule has 0 radical (unpaired) electrons. The Kier molecular flexibility index (Phi) is 4.14. The Morgan fingerprint density at radius 3 is 2.79 bits per heavy atom. The van der Waals surface area contributed by atoms with E-state index in [4.69, 9.17) is 5.11 Å². The number of aryl methyl sites for hydroxylation is 1. The van der Waals surface area contributed by atoms with Gasteiger partial charge in [0.25, 0.3) is 0 Å². The Morgan fingerprint density at radius 1 is 1.50 bits per heavy atom. The standard InChI is InChI=1S/C11H13BrO2/c1-8-4-2-5-10(11(13)14)9(8)6-3-7-12/h2,4-5H,3,6-7H2,1H3,(H,13,14). The molecular formula is C11H13BrO2. The predicted molar refractivity (Wildman–Crippen MR) is 60.3 cm³/mol. The summed E-state index contributed by atoms with van der Waals surface area (Å²) < 4.78 is 0. The number of benzene rings is 1. The lowest BCUT2D eigenvalue weighted by atomic mass is 9.98. The summed E-state index contributed by atoms with van der Waals surface area (Å²) in [6.45, 7) is 1.95. The third-order valence-electron chi connectivity index (χ3n) is 2.20. The van der Waals surface area contributed by atoms with Crippen molar-refractivity contribution in [3.63, 3.8) is 0 Å². The molecule has 0 aliphatic rings. The van der Waals surface area contributed by atoms with E-state index < -0.39 is 5.97 Å². The second kappa shape index (κ2) is 5.15. The van der Waals surface area contributed by atoms with E-state index in [2.05, 4.69) is 15.9 Å². The summed E-state index contributed by atoms with van der Waals surface area (Å²) in [5, 5.41) is 9.88. The Hall–Kier alpha value is -0.830. The molecule has 76 valence electrons. The van der Waals surface area contributed by atoms with Crippen molar-refractivity contribution >= 4 is 21.9 Å². The van der Waals surface area contributed by atoms with Crippen LogP contribution in [0.5, 0.6) is 0 Å². The summed E-state index contributed by atoms with van der Waals surface area (Å²) in [5.74, 6) is -0.835. The zero-order valence-corrected chi connectivity index (χ0v) is 9.67. The predicted octanol–water partition coefficient (Wildman–Crippen LogP) is 3.02. The first-order chi connectivity index (χ1) is 6.66. The summed E-state index contributed by atoms with van der Waals surface area (Å²) in [4.78, 5) is 10.9. The molecule has 0 aliphatic heterocycles. The Balaban J connectivity index is 3.02. The lowest BCUT2D eigenvalue weighted by Gasteiger charge is -2.08. The maximum Gasteiger partial charge on any atom is 0.335 e. The molecule has 1 rings (SSSR count). The van der Waals surface area contributed by atoms with Crippen LogP contribution in [0.2, 0.25) is 0 Å². The van der Waals surface area contributed by atoms with Crippen LogP contribution in [0.1, 0.15) is 27.9 Å². The van der Waals surface area contributed by atoms with E-state index in [1.165, 1.54) is 0 Å². The number of carbonyl (C=O) groups is 1. The van der Waals surface area contributed by atoms with Gasteiger partial charge in [-0.15, -0.1) is 0 Å². The third-order valence-corrected chi connectivity index (χ3v) is 2.76. The van der Waals surface area contributed by atoms with Crippen molar-refractivity contribution in [1.82, 2.24) is 0 Å². The topological polar surface area (TPSA) is 37.3 Å². The monoisotopic (exact) mass is 256 g/mol. The normalized spacial score (nSPS) is 10.1. The molecular weight excluding hydrogens is 244 g/mol. The number of alkyl halides is 1. The molecule has 2 nitrogen and oxygen atoms in total. The van der Waals surface area contributed by atoms with Gasteiger partial charge in [-0.2, -0.15) is 0 Å². The molecule has 0 saturated carbocycles. The molecule has 0 atom stereocenters. The summed E-state index contributed by atoms with van der Waals surface area (Å²) in [7, 11) is 0. The highest BCUT2D eigenvalue weighted by Crippen LogP contribution is 2.16. The SMILES string of the molecule is Cc1cccc(C(=O)O)c1CCCBr. The minimum atomic E-state index is -0.835. The summed E-state index contributed by atoms with van der Waals surface area (Å²) in [6, 6.07) is 5.41. The van der Waals surface area contributed by atoms with Gasteiger partial charge in [-0.25, -0.2) is 4.79 Å². The highest BCUT2D eigenvalue weighted by molar-refractivity contribution is 9.09. The summed E-state index contributed by atoms with van der Waals surface area (Å²) >= 11 is 3.35. The van der Waals surface area contributed by atoms with Crippen LogP contribution in [0.25, 0.3) is 0 Å². The van der Waals surface area contributed by atoms with Gasteiger partial charge in [-0.1, -0.05) is 28.1 Å². The summed E-state index contributed by atoms with van der Waals surface area (Å²) in [6.07, 6.45) is 1.78. The maximum atomic E-state index is 10.9. The summed E-state index contributed by atoms with van der Waals surface area (Å²) in [5.41, 5.74) is 2.45. The van der Waals surface area contributed by atoms with Gasteiger partial charge >= 0.3 is 5.97 Å². The van der Waals surface area contributed by atoms with Crippen molar-refractivity contribution in [3.05, 3.63) is 34.9 Å². The van der Waals surface area contributed by atoms with Crippen molar-refractivity contribution in [3.8, 4) is 0 Å². The Labute approximate surface area is 92.1 Å². The van der Waals surface area contributed by atoms with E-state index in [1.807, 2.05) is 13.0 Å². The molecule has 0 amide bonds. The van der Waals surface area contributed by atoms with Crippen LogP contribution >= 0.6 is 15.9 Å². The van der Waals surface area contributed by atoms with E-state index in [9.17, 15) is 4.79 Å². The number of hydrogen-bond acceptors (Lipinski definition) is 1. The van der Waals surface area contributed by atoms with E-state index in [1.54, 1.807) is 12.1 Å². The molecule has 0 bridgehead atoms. The van der Waals surface area contributed by atoms with Crippen molar-refractivity contribution in [2.75, 3.05) is 5.33 Å². The van der Waals surface area contributed by atoms with E-state index in [0.717, 1.165) is 29.3 Å². The van der Waals surface area contributed by atoms with Crippen LogP contribution in [-0.2, 0) is 6.42 Å². The van der Waals surface area contributed by atoms with Gasteiger partial charge < -0.3 is 5.11 Å². The van der Waals surface area contributed by atoms with Gasteiger partial charge in [0.05, 0.1) is 5.56 Å². The molecule has 1 aromatic rings. The highest BCUT2D eigenvalue weighted by Gasteiger charge is 2.10. The Bertz CT molecular complexity index is 334. The first-order valence-electron chi connectivity index (χ1n) is 4.54. The molecule has 0 aromatic heterocycles. The van der Waals surface area contributed by atoms with Crippen LogP contribution < -0.4 is 0 Å². The van der Waals surface area contributed by atoms with Gasteiger partial charge in [0.2, 0.25) is 0 Å². The van der Waals surface area contributed by atoms with Gasteiger partial charge in [0.1, 0.15) is 0 Å². The maximum absolute atomic E-state index is 10.9. The number of hydrogen-bond donors (Lipinski definition) is 1. The average molecular weight is 257 g/mol. The van der Waals surface area contributed by atoms with Crippen molar-refractivity contribution in [2.24, 2.45) is 0 Å². The van der Waals surface area contributed by atoms with E-state index in [0.29, 0.717) is 5.56 Å². The van der Waals surface area contributed by atoms with Gasteiger partial charge in [0.15, 0.2) is 0 Å². The molecule has 1 N–H and O–H groups in total. The number of rotatable bonds is 4. The Morgan fingerprint density at radius 2 is 2.21 bits per heavy atom. The molecule has 3 heteroatoms. The zero-order valence-electron chi connectivity index (χ0n) is 8.09. The van der Waals surface area contributed by atoms with Crippen LogP contribution in [0.15, 0.2) is 18.2 Å². The minimum absolute atomic E-state index is 0.436. The van der Waals surface area contributed by atoms with Crippen molar-refractivity contribution in [2.45, 2.75) is 19.8 Å². The molecule has 0 unspecified atom stereocenters. The van der Waals surface area contributed by atoms with E-state index in [-0.39, 0.29) is 0 Å². The molecule has 0 fully saturated rings. The van der Waals surface area contributed by atoms with Crippen molar-refractivity contribution in [1.29, 1.82) is 0 Å². The van der Waals surface area contributed by atoms with Gasteiger partial charge in [0, 0.05) is 5.33 Å². The molecule has 14 heavy (non-hydrogen) atoms. The first kappa shape index (κ1) is 11.2. The molecule has 1 aromatic carbocycles. The average Bonchev–Trinajstić information content (AvgIpc) is 2.15. The fourth-order valence-electron chi connectivity index (χ4n) is 1.48. The molecule has 0 aliphatic carbocycles. The molecule has 0 heterocycles. The highest BCUT2D eigenvalue weighted by atomic mass is 79.9. The zero-order chi connectivity index (χ0) is 10.6. The second-order valence-electron chi connectivity index (χ2n) is 3.20. The number of carboxylic acids is 1. The van der Waals surface area contributed by atoms with Crippen LogP contribution in [-0.4, -0.2) is 16.4 Å². The lowest BCUT2D eigenvalue weighted by Crippen LogP contribution is -2.04. The molecule has 0 spiro atoms. The quantitative estimate of drug-likeness (QED) is 0.842. The fraction of sp³-hybridized carbons (Fsp3) is 0.364. The van der Waals surface area contributed by atoms with Crippen LogP contribution in [0.3, 0.4) is 0 Å². The van der Waals surface area contributed by atoms with Crippen LogP contribution in [0.4, 0.5) is 0 Å². The van der Waals surface area contributed by atoms with E-state index >= 15 is 0 Å². The van der Waals surface area contributed by atoms with Crippen LogP contribution in [0, 0.1) is 6.92 Å². The van der Waals surface area contributed by atoms with Gasteiger partial charge in [-0.3, -0.25) is 0 Å². The first-order valence-corrected chi connectivity index (χ1v) is 5.66. The number of halogens is 1. The third kappa shape index (κ3) is 2.58. The minimum Gasteiger partial charge on any atom is -0.478 e. The largest absolute Gasteiger partial charge is 0.478 e. The number of aromatic carboxylic acids is 1.